The quantitative estimate of drug-likeness (QED) is 0.753. The third-order valence-corrected chi connectivity index (χ3v) is 5.08. The molecule has 0 aliphatic heterocycles. The molecule has 5 heteroatoms. The average Bonchev–Trinajstić information content (AvgIpc) is 2.71. The first-order chi connectivity index (χ1) is 9.32. The van der Waals surface area contributed by atoms with Gasteiger partial charge in [-0.05, 0) is 57.8 Å². The zero-order valence-corrected chi connectivity index (χ0v) is 15.3. The molecule has 1 heterocycles. The molecule has 0 saturated carbocycles. The molecule has 2 N–H and O–H groups in total. The number of hydrogen-bond acceptors (Lipinski definition) is 2. The molecule has 108 valence electrons. The predicted octanol–water partition coefficient (Wildman–Crippen LogP) is 5.36. The van der Waals surface area contributed by atoms with Gasteiger partial charge in [-0.25, -0.2) is 4.98 Å². The van der Waals surface area contributed by atoms with Gasteiger partial charge < -0.3 is 10.3 Å². The largest absolute Gasteiger partial charge is 0.383 e. The van der Waals surface area contributed by atoms with Crippen molar-refractivity contribution in [3.05, 3.63) is 33.0 Å². The Balaban J connectivity index is 2.63. The lowest BCUT2D eigenvalue weighted by molar-refractivity contribution is 0.556. The highest BCUT2D eigenvalue weighted by molar-refractivity contribution is 9.13. The van der Waals surface area contributed by atoms with Crippen LogP contribution in [0.15, 0.2) is 27.1 Å². The molecule has 0 saturated heterocycles. The first-order valence-corrected chi connectivity index (χ1v) is 8.24. The smallest absolute Gasteiger partial charge is 0.131 e. The highest BCUT2D eigenvalue weighted by Gasteiger charge is 2.20. The zero-order valence-electron chi connectivity index (χ0n) is 12.1. The number of nitrogens with zero attached hydrogens (tertiary/aromatic N) is 2. The molecule has 2 rings (SSSR count). The van der Waals surface area contributed by atoms with Crippen LogP contribution in [0.3, 0.4) is 0 Å². The van der Waals surface area contributed by atoms with E-state index in [0.717, 1.165) is 31.8 Å². The molecule has 20 heavy (non-hydrogen) atoms. The number of hydrogen-bond donors (Lipinski definition) is 1. The number of nitrogens with two attached hydrogens (primary N) is 1. The van der Waals surface area contributed by atoms with Gasteiger partial charge in [-0.2, -0.15) is 0 Å². The number of imidazole rings is 1. The Morgan fingerprint density at radius 1 is 1.10 bits per heavy atom. The second-order valence-corrected chi connectivity index (χ2v) is 7.16. The van der Waals surface area contributed by atoms with E-state index in [4.69, 9.17) is 10.7 Å². The minimum Gasteiger partial charge on any atom is -0.383 e. The van der Waals surface area contributed by atoms with Gasteiger partial charge >= 0.3 is 0 Å². The van der Waals surface area contributed by atoms with Gasteiger partial charge in [0, 0.05) is 26.5 Å². The molecule has 0 radical (unpaired) electrons. The highest BCUT2D eigenvalue weighted by atomic mass is 79.9. The van der Waals surface area contributed by atoms with Gasteiger partial charge in [0.1, 0.15) is 17.3 Å². The number of halogens is 2. The van der Waals surface area contributed by atoms with Crippen LogP contribution in [0, 0.1) is 0 Å². The summed E-state index contributed by atoms with van der Waals surface area (Å²) in [7, 11) is 0. The SMILES string of the molecule is CC(C)c1nc(-c2ccc(Br)c(Br)c2)c(N)n1C(C)C. The van der Waals surface area contributed by atoms with Crippen molar-refractivity contribution in [2.75, 3.05) is 5.73 Å². The Morgan fingerprint density at radius 2 is 1.75 bits per heavy atom. The maximum atomic E-state index is 6.34. The normalized spacial score (nSPS) is 11.6. The van der Waals surface area contributed by atoms with Gasteiger partial charge in [-0.15, -0.1) is 0 Å². The third kappa shape index (κ3) is 2.79. The first-order valence-electron chi connectivity index (χ1n) is 6.66. The average molecular weight is 401 g/mol. The fraction of sp³-hybridized carbons (Fsp3) is 0.400. The fourth-order valence-corrected chi connectivity index (χ4v) is 2.89. The Labute approximate surface area is 136 Å². The maximum Gasteiger partial charge on any atom is 0.131 e. The van der Waals surface area contributed by atoms with Crippen LogP contribution in [-0.4, -0.2) is 9.55 Å². The van der Waals surface area contributed by atoms with Gasteiger partial charge in [0.05, 0.1) is 0 Å². The van der Waals surface area contributed by atoms with Crippen molar-refractivity contribution in [1.29, 1.82) is 0 Å². The van der Waals surface area contributed by atoms with E-state index in [-0.39, 0.29) is 0 Å². The van der Waals surface area contributed by atoms with Crippen LogP contribution in [0.2, 0.25) is 0 Å². The van der Waals surface area contributed by atoms with E-state index in [1.807, 2.05) is 18.2 Å². The predicted molar refractivity (Wildman–Crippen MR) is 91.9 cm³/mol. The van der Waals surface area contributed by atoms with Crippen molar-refractivity contribution >= 4 is 37.7 Å². The van der Waals surface area contributed by atoms with Crippen LogP contribution in [0.25, 0.3) is 11.3 Å². The molecular weight excluding hydrogens is 382 g/mol. The van der Waals surface area contributed by atoms with Gasteiger partial charge in [0.15, 0.2) is 0 Å². The maximum absolute atomic E-state index is 6.34. The molecule has 0 aliphatic carbocycles. The fourth-order valence-electron chi connectivity index (χ4n) is 2.27. The summed E-state index contributed by atoms with van der Waals surface area (Å²) in [4.78, 5) is 4.77. The van der Waals surface area contributed by atoms with Crippen molar-refractivity contribution in [1.82, 2.24) is 9.55 Å². The Morgan fingerprint density at radius 3 is 2.20 bits per heavy atom. The van der Waals surface area contributed by atoms with Gasteiger partial charge in [-0.3, -0.25) is 0 Å². The van der Waals surface area contributed by atoms with Crippen LogP contribution in [0.1, 0.15) is 45.5 Å². The van der Waals surface area contributed by atoms with E-state index >= 15 is 0 Å². The second kappa shape index (κ2) is 5.90. The van der Waals surface area contributed by atoms with Crippen molar-refractivity contribution in [3.8, 4) is 11.3 Å². The topological polar surface area (TPSA) is 43.8 Å². The Bertz CT molecular complexity index is 630. The summed E-state index contributed by atoms with van der Waals surface area (Å²) in [5.41, 5.74) is 8.22. The van der Waals surface area contributed by atoms with Gasteiger partial charge in [0.2, 0.25) is 0 Å². The standard InChI is InChI=1S/C15H19Br2N3/c1-8(2)15-19-13(14(18)20(15)9(3)4)10-5-6-11(16)12(17)7-10/h5-9H,18H2,1-4H3. The van der Waals surface area contributed by atoms with Crippen molar-refractivity contribution in [2.24, 2.45) is 0 Å². The van der Waals surface area contributed by atoms with Crippen molar-refractivity contribution in [3.63, 3.8) is 0 Å². The molecular formula is C15H19Br2N3. The first kappa shape index (κ1) is 15.6. The monoisotopic (exact) mass is 399 g/mol. The van der Waals surface area contributed by atoms with E-state index in [2.05, 4.69) is 64.1 Å². The van der Waals surface area contributed by atoms with Crippen LogP contribution >= 0.6 is 31.9 Å². The summed E-state index contributed by atoms with van der Waals surface area (Å²) in [5.74, 6) is 2.11. The zero-order chi connectivity index (χ0) is 15.0. The second-order valence-electron chi connectivity index (χ2n) is 5.45. The van der Waals surface area contributed by atoms with Crippen molar-refractivity contribution < 1.29 is 0 Å². The van der Waals surface area contributed by atoms with E-state index < -0.39 is 0 Å². The molecule has 0 atom stereocenters. The number of benzene rings is 1. The van der Waals surface area contributed by atoms with E-state index in [9.17, 15) is 0 Å². The molecule has 0 aliphatic rings. The Hall–Kier alpha value is -0.810. The summed E-state index contributed by atoms with van der Waals surface area (Å²) >= 11 is 7.01. The van der Waals surface area contributed by atoms with Crippen LogP contribution in [0.4, 0.5) is 5.82 Å². The van der Waals surface area contributed by atoms with E-state index in [1.54, 1.807) is 0 Å². The summed E-state index contributed by atoms with van der Waals surface area (Å²) in [5, 5.41) is 0. The summed E-state index contributed by atoms with van der Waals surface area (Å²) in [6.45, 7) is 8.54. The molecule has 2 aromatic rings. The summed E-state index contributed by atoms with van der Waals surface area (Å²) in [6.07, 6.45) is 0. The van der Waals surface area contributed by atoms with Crippen LogP contribution in [-0.2, 0) is 0 Å². The highest BCUT2D eigenvalue weighted by Crippen LogP contribution is 2.34. The summed E-state index contributed by atoms with van der Waals surface area (Å²) in [6, 6.07) is 6.37. The minimum atomic E-state index is 0.299. The molecule has 0 amide bonds. The lowest BCUT2D eigenvalue weighted by Gasteiger charge is -2.15. The van der Waals surface area contributed by atoms with Gasteiger partial charge in [0.25, 0.3) is 0 Å². The van der Waals surface area contributed by atoms with E-state index in [0.29, 0.717) is 12.0 Å². The minimum absolute atomic E-state index is 0.299. The lowest BCUT2D eigenvalue weighted by atomic mass is 10.1. The molecule has 1 aromatic heterocycles. The number of nitrogen functional groups attached to an aromatic ring is 1. The van der Waals surface area contributed by atoms with Crippen molar-refractivity contribution in [2.45, 2.75) is 39.7 Å². The lowest BCUT2D eigenvalue weighted by Crippen LogP contribution is -2.10. The van der Waals surface area contributed by atoms with Crippen LogP contribution in [0.5, 0.6) is 0 Å². The number of aromatic nitrogens is 2. The molecule has 0 fully saturated rings. The summed E-state index contributed by atoms with van der Waals surface area (Å²) < 4.78 is 4.14. The van der Waals surface area contributed by atoms with Crippen LogP contribution < -0.4 is 5.73 Å². The molecule has 3 nitrogen and oxygen atoms in total. The van der Waals surface area contributed by atoms with Gasteiger partial charge in [-0.1, -0.05) is 19.9 Å². The number of anilines is 1. The van der Waals surface area contributed by atoms with E-state index in [1.165, 1.54) is 0 Å². The molecule has 0 unspecified atom stereocenters. The Kier molecular flexibility index (Phi) is 4.59. The third-order valence-electron chi connectivity index (χ3n) is 3.20. The molecule has 0 spiro atoms. The number of rotatable bonds is 3. The molecule has 1 aromatic carbocycles. The molecule has 0 bridgehead atoms.